The van der Waals surface area contributed by atoms with E-state index in [9.17, 15) is 13.2 Å². The molecule has 0 aliphatic carbocycles. The minimum Gasteiger partial charge on any atom is -0.337 e. The van der Waals surface area contributed by atoms with Gasteiger partial charge in [0.1, 0.15) is 0 Å². The Morgan fingerprint density at radius 3 is 2.00 bits per heavy atom. The lowest BCUT2D eigenvalue weighted by atomic mass is 10.1. The molecule has 0 aliphatic heterocycles. The lowest BCUT2D eigenvalue weighted by Gasteiger charge is -2.21. The summed E-state index contributed by atoms with van der Waals surface area (Å²) in [6.45, 7) is 2.53. The number of benzene rings is 3. The smallest absolute Gasteiger partial charge is 0.264 e. The first-order valence-corrected chi connectivity index (χ1v) is 10.7. The Morgan fingerprint density at radius 1 is 0.828 bits per heavy atom. The van der Waals surface area contributed by atoms with Gasteiger partial charge in [0.05, 0.1) is 10.6 Å². The van der Waals surface area contributed by atoms with Gasteiger partial charge in [-0.15, -0.1) is 0 Å². The quantitative estimate of drug-likeness (QED) is 0.617. The predicted molar refractivity (Wildman–Crippen MR) is 115 cm³/mol. The van der Waals surface area contributed by atoms with Crippen molar-refractivity contribution < 1.29 is 13.2 Å². The number of rotatable bonds is 6. The Labute approximate surface area is 172 Å². The highest BCUT2D eigenvalue weighted by Gasteiger charge is 2.21. The molecule has 0 heterocycles. The van der Waals surface area contributed by atoms with Gasteiger partial charge in [-0.2, -0.15) is 0 Å². The van der Waals surface area contributed by atoms with E-state index in [4.69, 9.17) is 0 Å². The van der Waals surface area contributed by atoms with Crippen LogP contribution in [0, 0.1) is 6.92 Å². The molecule has 3 aromatic carbocycles. The summed E-state index contributed by atoms with van der Waals surface area (Å²) in [5.41, 5.74) is 3.23. The zero-order chi connectivity index (χ0) is 21.0. The first-order valence-electron chi connectivity index (χ1n) is 9.24. The van der Waals surface area contributed by atoms with Crippen molar-refractivity contribution in [1.29, 1.82) is 0 Å². The molecule has 0 aromatic heterocycles. The number of carbonyl (C=O) groups excluding carboxylic acids is 1. The van der Waals surface area contributed by atoms with Crippen LogP contribution in [0.4, 0.5) is 5.69 Å². The molecule has 0 bridgehead atoms. The fourth-order valence-corrected chi connectivity index (χ4v) is 4.18. The third-order valence-electron chi connectivity index (χ3n) is 4.77. The summed E-state index contributed by atoms with van der Waals surface area (Å²) in [5, 5.41) is 0. The summed E-state index contributed by atoms with van der Waals surface area (Å²) >= 11 is 0. The van der Waals surface area contributed by atoms with E-state index in [1.165, 1.54) is 16.9 Å². The van der Waals surface area contributed by atoms with Crippen LogP contribution in [0.25, 0.3) is 0 Å². The average Bonchev–Trinajstić information content (AvgIpc) is 2.75. The monoisotopic (exact) mass is 408 g/mol. The zero-order valence-corrected chi connectivity index (χ0v) is 17.6. The van der Waals surface area contributed by atoms with Crippen molar-refractivity contribution in [3.8, 4) is 0 Å². The molecule has 3 rings (SSSR count). The van der Waals surface area contributed by atoms with E-state index in [1.54, 1.807) is 66.5 Å². The first kappa shape index (κ1) is 20.6. The molecule has 3 aromatic rings. The second kappa shape index (κ2) is 8.49. The molecule has 29 heavy (non-hydrogen) atoms. The number of hydrogen-bond acceptors (Lipinski definition) is 3. The van der Waals surface area contributed by atoms with E-state index < -0.39 is 10.0 Å². The second-order valence-corrected chi connectivity index (χ2v) is 8.95. The summed E-state index contributed by atoms with van der Waals surface area (Å²) < 4.78 is 26.7. The van der Waals surface area contributed by atoms with Gasteiger partial charge in [0.25, 0.3) is 15.9 Å². The highest BCUT2D eigenvalue weighted by molar-refractivity contribution is 7.92. The van der Waals surface area contributed by atoms with Crippen LogP contribution in [-0.2, 0) is 16.6 Å². The van der Waals surface area contributed by atoms with Gasteiger partial charge < -0.3 is 4.90 Å². The molecule has 0 spiro atoms. The standard InChI is InChI=1S/C23H24N2O3S/c1-18-9-11-19(12-10-18)17-24(2)23(26)20-13-15-21(16-14-20)25(3)29(27,28)22-7-5-4-6-8-22/h4-16H,17H2,1-3H3. The third kappa shape index (κ3) is 4.66. The zero-order valence-electron chi connectivity index (χ0n) is 16.7. The SMILES string of the molecule is Cc1ccc(CN(C)C(=O)c2ccc(N(C)S(=O)(=O)c3ccccc3)cc2)cc1. The lowest BCUT2D eigenvalue weighted by molar-refractivity contribution is 0.0785. The van der Waals surface area contributed by atoms with Crippen molar-refractivity contribution in [2.45, 2.75) is 18.4 Å². The summed E-state index contributed by atoms with van der Waals surface area (Å²) in [4.78, 5) is 14.6. The fraction of sp³-hybridized carbons (Fsp3) is 0.174. The molecule has 6 heteroatoms. The van der Waals surface area contributed by atoms with Crippen LogP contribution < -0.4 is 4.31 Å². The van der Waals surface area contributed by atoms with Gasteiger partial charge in [-0.3, -0.25) is 9.10 Å². The third-order valence-corrected chi connectivity index (χ3v) is 6.57. The van der Waals surface area contributed by atoms with Crippen LogP contribution in [0.1, 0.15) is 21.5 Å². The van der Waals surface area contributed by atoms with E-state index in [2.05, 4.69) is 0 Å². The molecule has 0 aliphatic rings. The van der Waals surface area contributed by atoms with Crippen molar-refractivity contribution in [3.05, 3.63) is 95.6 Å². The van der Waals surface area contributed by atoms with Crippen LogP contribution >= 0.6 is 0 Å². The van der Waals surface area contributed by atoms with Crippen molar-refractivity contribution in [2.75, 3.05) is 18.4 Å². The maximum atomic E-state index is 12.7. The number of nitrogens with zero attached hydrogens (tertiary/aromatic N) is 2. The van der Waals surface area contributed by atoms with Crippen LogP contribution in [0.3, 0.4) is 0 Å². The number of hydrogen-bond donors (Lipinski definition) is 0. The normalized spacial score (nSPS) is 11.1. The summed E-state index contributed by atoms with van der Waals surface area (Å²) in [5.74, 6) is -0.120. The topological polar surface area (TPSA) is 57.7 Å². The average molecular weight is 409 g/mol. The summed E-state index contributed by atoms with van der Waals surface area (Å²) in [7, 11) is -0.393. The van der Waals surface area contributed by atoms with Crippen LogP contribution in [0.5, 0.6) is 0 Å². The maximum Gasteiger partial charge on any atom is 0.264 e. The minimum absolute atomic E-state index is 0.120. The lowest BCUT2D eigenvalue weighted by Crippen LogP contribution is -2.27. The molecule has 0 unspecified atom stereocenters. The predicted octanol–water partition coefficient (Wildman–Crippen LogP) is 4.09. The number of aryl methyl sites for hydroxylation is 1. The Hall–Kier alpha value is -3.12. The van der Waals surface area contributed by atoms with Gasteiger partial charge in [-0.1, -0.05) is 48.0 Å². The Morgan fingerprint density at radius 2 is 1.41 bits per heavy atom. The van der Waals surface area contributed by atoms with Gasteiger partial charge >= 0.3 is 0 Å². The van der Waals surface area contributed by atoms with E-state index in [-0.39, 0.29) is 10.8 Å². The van der Waals surface area contributed by atoms with Gasteiger partial charge in [0.15, 0.2) is 0 Å². The summed E-state index contributed by atoms with van der Waals surface area (Å²) in [6.07, 6.45) is 0. The maximum absolute atomic E-state index is 12.7. The molecule has 0 fully saturated rings. The van der Waals surface area contributed by atoms with Crippen molar-refractivity contribution >= 4 is 21.6 Å². The van der Waals surface area contributed by atoms with Gasteiger partial charge in [-0.05, 0) is 48.9 Å². The van der Waals surface area contributed by atoms with E-state index in [1.807, 2.05) is 31.2 Å². The molecule has 150 valence electrons. The minimum atomic E-state index is -3.65. The second-order valence-electron chi connectivity index (χ2n) is 6.98. The van der Waals surface area contributed by atoms with Crippen LogP contribution in [0.2, 0.25) is 0 Å². The van der Waals surface area contributed by atoms with E-state index in [0.29, 0.717) is 17.8 Å². The Kier molecular flexibility index (Phi) is 6.03. The molecular weight excluding hydrogens is 384 g/mol. The van der Waals surface area contributed by atoms with Crippen molar-refractivity contribution in [1.82, 2.24) is 4.90 Å². The molecule has 1 amide bonds. The molecule has 0 N–H and O–H groups in total. The van der Waals surface area contributed by atoms with Gasteiger partial charge in [0, 0.05) is 26.2 Å². The van der Waals surface area contributed by atoms with E-state index >= 15 is 0 Å². The van der Waals surface area contributed by atoms with Crippen LogP contribution in [0.15, 0.2) is 83.8 Å². The van der Waals surface area contributed by atoms with Gasteiger partial charge in [-0.25, -0.2) is 8.42 Å². The molecule has 0 atom stereocenters. The Balaban J connectivity index is 1.73. The largest absolute Gasteiger partial charge is 0.337 e. The fourth-order valence-electron chi connectivity index (χ4n) is 2.96. The highest BCUT2D eigenvalue weighted by Crippen LogP contribution is 2.22. The molecule has 0 radical (unpaired) electrons. The number of carbonyl (C=O) groups is 1. The summed E-state index contributed by atoms with van der Waals surface area (Å²) in [6, 6.07) is 22.9. The first-order chi connectivity index (χ1) is 13.8. The number of sulfonamides is 1. The molecular formula is C23H24N2O3S. The highest BCUT2D eigenvalue weighted by atomic mass is 32.2. The molecule has 0 saturated heterocycles. The van der Waals surface area contributed by atoms with E-state index in [0.717, 1.165) is 5.56 Å². The van der Waals surface area contributed by atoms with Crippen LogP contribution in [-0.4, -0.2) is 33.3 Å². The number of anilines is 1. The molecule has 5 nitrogen and oxygen atoms in total. The Bertz CT molecular complexity index is 1080. The van der Waals surface area contributed by atoms with Crippen molar-refractivity contribution in [3.63, 3.8) is 0 Å². The molecule has 0 saturated carbocycles. The number of amides is 1. The van der Waals surface area contributed by atoms with Crippen molar-refractivity contribution in [2.24, 2.45) is 0 Å². The van der Waals surface area contributed by atoms with Gasteiger partial charge in [0.2, 0.25) is 0 Å².